The number of aryl methyl sites for hydroxylation is 1. The predicted molar refractivity (Wildman–Crippen MR) is 128 cm³/mol. The zero-order valence-corrected chi connectivity index (χ0v) is 19.1. The van der Waals surface area contributed by atoms with Gasteiger partial charge in [0, 0.05) is 55.7 Å². The molecule has 1 N–H and O–H groups in total. The van der Waals surface area contributed by atoms with Crippen LogP contribution in [0, 0.1) is 0 Å². The SMILES string of the molecule is Cn1cnc(S(=O)(=O)N2C[C@H](Nc3cccc(-c4ccccn4)c3)[C@@H](c3ccccc3)C2)c1. The Balaban J connectivity index is 1.45. The zero-order chi connectivity index (χ0) is 22.8. The van der Waals surface area contributed by atoms with E-state index in [0.717, 1.165) is 22.5 Å². The summed E-state index contributed by atoms with van der Waals surface area (Å²) in [5, 5.41) is 3.68. The number of benzene rings is 2. The quantitative estimate of drug-likeness (QED) is 0.475. The average Bonchev–Trinajstić information content (AvgIpc) is 3.48. The van der Waals surface area contributed by atoms with Gasteiger partial charge in [-0.2, -0.15) is 4.31 Å². The number of hydrogen-bond acceptors (Lipinski definition) is 5. The summed E-state index contributed by atoms with van der Waals surface area (Å²) < 4.78 is 29.7. The molecule has 1 aliphatic rings. The Morgan fingerprint density at radius 2 is 1.76 bits per heavy atom. The summed E-state index contributed by atoms with van der Waals surface area (Å²) in [7, 11) is -1.92. The van der Waals surface area contributed by atoms with Crippen molar-refractivity contribution in [3.05, 3.63) is 97.1 Å². The molecular formula is C25H25N5O2S. The lowest BCUT2D eigenvalue weighted by molar-refractivity contribution is 0.468. The van der Waals surface area contributed by atoms with Gasteiger partial charge in [0.15, 0.2) is 5.03 Å². The lowest BCUT2D eigenvalue weighted by atomic mass is 9.94. The van der Waals surface area contributed by atoms with Gasteiger partial charge < -0.3 is 9.88 Å². The van der Waals surface area contributed by atoms with E-state index in [4.69, 9.17) is 0 Å². The first kappa shape index (κ1) is 21.4. The van der Waals surface area contributed by atoms with Crippen molar-refractivity contribution >= 4 is 15.7 Å². The summed E-state index contributed by atoms with van der Waals surface area (Å²) in [6.45, 7) is 0.743. The molecule has 1 saturated heterocycles. The van der Waals surface area contributed by atoms with E-state index in [0.29, 0.717) is 13.1 Å². The van der Waals surface area contributed by atoms with Crippen molar-refractivity contribution in [2.75, 3.05) is 18.4 Å². The molecular weight excluding hydrogens is 434 g/mol. The number of nitrogens with one attached hydrogen (secondary N) is 1. The van der Waals surface area contributed by atoms with Gasteiger partial charge in [0.05, 0.1) is 12.0 Å². The van der Waals surface area contributed by atoms with E-state index in [9.17, 15) is 8.42 Å². The Hall–Kier alpha value is -3.49. The molecule has 0 spiro atoms. The molecule has 1 aliphatic heterocycles. The van der Waals surface area contributed by atoms with Crippen LogP contribution < -0.4 is 5.32 Å². The third-order valence-electron chi connectivity index (χ3n) is 5.97. The minimum Gasteiger partial charge on any atom is -0.380 e. The maximum Gasteiger partial charge on any atom is 0.262 e. The highest BCUT2D eigenvalue weighted by Gasteiger charge is 2.41. The molecule has 1 fully saturated rings. The summed E-state index contributed by atoms with van der Waals surface area (Å²) >= 11 is 0. The van der Waals surface area contributed by atoms with Crippen molar-refractivity contribution in [1.82, 2.24) is 18.8 Å². The number of anilines is 1. The second-order valence-corrected chi connectivity index (χ2v) is 10.1. The van der Waals surface area contributed by atoms with Gasteiger partial charge >= 0.3 is 0 Å². The Morgan fingerprint density at radius 3 is 2.48 bits per heavy atom. The Bertz CT molecular complexity index is 1340. The summed E-state index contributed by atoms with van der Waals surface area (Å²) in [6, 6.07) is 23.9. The van der Waals surface area contributed by atoms with E-state index < -0.39 is 10.0 Å². The van der Waals surface area contributed by atoms with Gasteiger partial charge in [0.25, 0.3) is 10.0 Å². The van der Waals surface area contributed by atoms with Gasteiger partial charge in [-0.1, -0.05) is 48.5 Å². The lowest BCUT2D eigenvalue weighted by Crippen LogP contribution is -2.32. The standard InChI is InChI=1S/C25H25N5O2S/c1-29-17-25(27-18-29)33(31,32)30-15-22(19-8-3-2-4-9-19)24(16-30)28-21-11-7-10-20(14-21)23-12-5-6-13-26-23/h2-14,17-18,22,24,28H,15-16H2,1H3/t22-,24+/m1/s1. The van der Waals surface area contributed by atoms with Crippen LogP contribution in [0.4, 0.5) is 5.69 Å². The molecule has 2 atom stereocenters. The fourth-order valence-corrected chi connectivity index (χ4v) is 5.78. The fraction of sp³-hybridized carbons (Fsp3) is 0.200. The van der Waals surface area contributed by atoms with Gasteiger partial charge in [0.2, 0.25) is 0 Å². The number of pyridine rings is 1. The van der Waals surface area contributed by atoms with Crippen LogP contribution in [-0.4, -0.2) is 46.4 Å². The van der Waals surface area contributed by atoms with Crippen LogP contribution in [0.25, 0.3) is 11.3 Å². The van der Waals surface area contributed by atoms with E-state index in [1.807, 2.05) is 54.6 Å². The molecule has 33 heavy (non-hydrogen) atoms. The van der Waals surface area contributed by atoms with Crippen molar-refractivity contribution in [3.63, 3.8) is 0 Å². The van der Waals surface area contributed by atoms with Crippen molar-refractivity contribution < 1.29 is 8.42 Å². The molecule has 3 heterocycles. The van der Waals surface area contributed by atoms with E-state index in [-0.39, 0.29) is 17.0 Å². The summed E-state index contributed by atoms with van der Waals surface area (Å²) in [4.78, 5) is 8.53. The number of aromatic nitrogens is 3. The number of hydrogen-bond donors (Lipinski definition) is 1. The summed E-state index contributed by atoms with van der Waals surface area (Å²) in [5.41, 5.74) is 3.94. The Labute approximate surface area is 193 Å². The summed E-state index contributed by atoms with van der Waals surface area (Å²) in [5.74, 6) is 0.00296. The molecule has 5 rings (SSSR count). The van der Waals surface area contributed by atoms with Crippen LogP contribution in [0.15, 0.2) is 96.5 Å². The second-order valence-electron chi connectivity index (χ2n) is 8.26. The van der Waals surface area contributed by atoms with Crippen molar-refractivity contribution in [1.29, 1.82) is 0 Å². The molecule has 0 unspecified atom stereocenters. The minimum atomic E-state index is -3.68. The van der Waals surface area contributed by atoms with Crippen LogP contribution >= 0.6 is 0 Å². The number of sulfonamides is 1. The first-order valence-corrected chi connectivity index (χ1v) is 12.3. The first-order chi connectivity index (χ1) is 16.0. The highest BCUT2D eigenvalue weighted by atomic mass is 32.2. The van der Waals surface area contributed by atoms with Crippen LogP contribution in [0.3, 0.4) is 0 Å². The number of nitrogens with zero attached hydrogens (tertiary/aromatic N) is 4. The van der Waals surface area contributed by atoms with Crippen LogP contribution in [0.2, 0.25) is 0 Å². The largest absolute Gasteiger partial charge is 0.380 e. The number of imidazole rings is 1. The molecule has 168 valence electrons. The van der Waals surface area contributed by atoms with Gasteiger partial charge in [0.1, 0.15) is 0 Å². The predicted octanol–water partition coefficient (Wildman–Crippen LogP) is 3.75. The van der Waals surface area contributed by atoms with Crippen LogP contribution in [0.1, 0.15) is 11.5 Å². The van der Waals surface area contributed by atoms with Gasteiger partial charge in [-0.05, 0) is 29.8 Å². The maximum atomic E-state index is 13.3. The second kappa shape index (κ2) is 8.80. The third kappa shape index (κ3) is 4.40. The molecule has 7 nitrogen and oxygen atoms in total. The molecule has 0 saturated carbocycles. The third-order valence-corrected chi connectivity index (χ3v) is 7.69. The molecule has 2 aromatic heterocycles. The van der Waals surface area contributed by atoms with E-state index >= 15 is 0 Å². The molecule has 8 heteroatoms. The molecule has 0 radical (unpaired) electrons. The van der Waals surface area contributed by atoms with Gasteiger partial charge in [-0.15, -0.1) is 0 Å². The van der Waals surface area contributed by atoms with E-state index in [1.54, 1.807) is 24.0 Å². The topological polar surface area (TPSA) is 80.1 Å². The molecule has 0 bridgehead atoms. The highest BCUT2D eigenvalue weighted by Crippen LogP contribution is 2.33. The average molecular weight is 460 g/mol. The van der Waals surface area contributed by atoms with Crippen LogP contribution in [0.5, 0.6) is 0 Å². The van der Waals surface area contributed by atoms with E-state index in [2.05, 4.69) is 33.5 Å². The molecule has 0 amide bonds. The molecule has 0 aliphatic carbocycles. The fourth-order valence-electron chi connectivity index (χ4n) is 4.32. The Morgan fingerprint density at radius 1 is 0.939 bits per heavy atom. The first-order valence-electron chi connectivity index (χ1n) is 10.8. The van der Waals surface area contributed by atoms with Crippen molar-refractivity contribution in [2.45, 2.75) is 17.0 Å². The monoisotopic (exact) mass is 459 g/mol. The van der Waals surface area contributed by atoms with Gasteiger partial charge in [-0.25, -0.2) is 13.4 Å². The van der Waals surface area contributed by atoms with Gasteiger partial charge in [-0.3, -0.25) is 4.98 Å². The molecule has 2 aromatic carbocycles. The highest BCUT2D eigenvalue weighted by molar-refractivity contribution is 7.89. The summed E-state index contributed by atoms with van der Waals surface area (Å²) in [6.07, 6.45) is 4.83. The van der Waals surface area contributed by atoms with Crippen LogP contribution in [-0.2, 0) is 17.1 Å². The smallest absolute Gasteiger partial charge is 0.262 e. The lowest BCUT2D eigenvalue weighted by Gasteiger charge is -2.21. The van der Waals surface area contributed by atoms with Crippen molar-refractivity contribution in [3.8, 4) is 11.3 Å². The minimum absolute atomic E-state index is 0.00296. The van der Waals surface area contributed by atoms with Crippen molar-refractivity contribution in [2.24, 2.45) is 7.05 Å². The zero-order valence-electron chi connectivity index (χ0n) is 18.2. The van der Waals surface area contributed by atoms with E-state index in [1.165, 1.54) is 10.6 Å². The Kier molecular flexibility index (Phi) is 5.70. The number of rotatable bonds is 6. The molecule has 4 aromatic rings. The normalized spacial score (nSPS) is 18.9. The maximum absolute atomic E-state index is 13.3.